The van der Waals surface area contributed by atoms with E-state index in [9.17, 15) is 9.59 Å². The summed E-state index contributed by atoms with van der Waals surface area (Å²) in [5.74, 6) is -0.596. The van der Waals surface area contributed by atoms with Crippen LogP contribution in [0.1, 0.15) is 15.2 Å². The quantitative estimate of drug-likeness (QED) is 0.606. The maximum Gasteiger partial charge on any atom is 0.420 e. The molecule has 2 aromatic carbocycles. The number of amides is 1. The summed E-state index contributed by atoms with van der Waals surface area (Å²) < 4.78 is 6.92. The molecule has 1 N–H and O–H groups in total. The number of nitrogens with one attached hydrogen (secondary N) is 1. The minimum Gasteiger partial charge on any atom is -0.408 e. The number of oxazole rings is 1. The third-order valence-electron chi connectivity index (χ3n) is 3.85. The van der Waals surface area contributed by atoms with E-state index in [4.69, 9.17) is 4.42 Å². The Bertz CT molecular complexity index is 1080. The van der Waals surface area contributed by atoms with Crippen LogP contribution in [0, 0.1) is 0 Å². The van der Waals surface area contributed by atoms with Crippen LogP contribution in [0.4, 0.5) is 5.69 Å². The van der Waals surface area contributed by atoms with Crippen LogP contribution in [0.25, 0.3) is 11.1 Å². The van der Waals surface area contributed by atoms with E-state index >= 15 is 0 Å². The van der Waals surface area contributed by atoms with Crippen LogP contribution in [0.2, 0.25) is 0 Å². The van der Waals surface area contributed by atoms with Gasteiger partial charge in [0.15, 0.2) is 5.58 Å². The van der Waals surface area contributed by atoms with E-state index in [0.717, 1.165) is 5.56 Å². The van der Waals surface area contributed by atoms with E-state index in [1.165, 1.54) is 11.3 Å². The highest BCUT2D eigenvalue weighted by Crippen LogP contribution is 2.20. The number of carbonyl (C=O) groups is 1. The van der Waals surface area contributed by atoms with Gasteiger partial charge in [-0.3, -0.25) is 9.36 Å². The van der Waals surface area contributed by atoms with Crippen molar-refractivity contribution in [3.8, 4) is 0 Å². The van der Waals surface area contributed by atoms with E-state index in [-0.39, 0.29) is 5.91 Å². The van der Waals surface area contributed by atoms with Gasteiger partial charge in [0.2, 0.25) is 0 Å². The maximum absolute atomic E-state index is 12.2. The minimum atomic E-state index is -0.416. The number of carbonyl (C=O) groups excluding carboxylic acids is 1. The number of anilines is 1. The lowest BCUT2D eigenvalue weighted by atomic mass is 10.2. The Labute approximate surface area is 147 Å². The average Bonchev–Trinajstić information content (AvgIpc) is 3.25. The second-order valence-electron chi connectivity index (χ2n) is 5.55. The molecule has 0 aliphatic heterocycles. The number of benzene rings is 2. The van der Waals surface area contributed by atoms with Crippen LogP contribution in [-0.2, 0) is 6.54 Å². The van der Waals surface area contributed by atoms with Crippen molar-refractivity contribution in [3.05, 3.63) is 87.0 Å². The van der Waals surface area contributed by atoms with Crippen molar-refractivity contribution in [1.82, 2.24) is 4.57 Å². The van der Waals surface area contributed by atoms with Crippen LogP contribution in [-0.4, -0.2) is 10.5 Å². The molecule has 0 fully saturated rings. The maximum atomic E-state index is 12.2. The van der Waals surface area contributed by atoms with Gasteiger partial charge in [0.1, 0.15) is 0 Å². The number of aromatic nitrogens is 1. The highest BCUT2D eigenvalue weighted by atomic mass is 32.1. The van der Waals surface area contributed by atoms with E-state index in [0.29, 0.717) is 28.2 Å². The first-order valence-corrected chi connectivity index (χ1v) is 8.61. The molecule has 4 aromatic rings. The van der Waals surface area contributed by atoms with Gasteiger partial charge in [-0.15, -0.1) is 11.3 Å². The summed E-state index contributed by atoms with van der Waals surface area (Å²) >= 11 is 1.37. The molecule has 6 heteroatoms. The lowest BCUT2D eigenvalue weighted by molar-refractivity contribution is 0.103. The first kappa shape index (κ1) is 15.4. The minimum absolute atomic E-state index is 0.180. The van der Waals surface area contributed by atoms with E-state index < -0.39 is 5.76 Å². The Morgan fingerprint density at radius 3 is 2.68 bits per heavy atom. The Balaban J connectivity index is 1.64. The predicted octanol–water partition coefficient (Wildman–Crippen LogP) is 3.96. The van der Waals surface area contributed by atoms with E-state index in [1.807, 2.05) is 41.8 Å². The van der Waals surface area contributed by atoms with Crippen LogP contribution < -0.4 is 11.1 Å². The van der Waals surface area contributed by atoms with Gasteiger partial charge in [-0.1, -0.05) is 36.4 Å². The fourth-order valence-corrected chi connectivity index (χ4v) is 3.28. The summed E-state index contributed by atoms with van der Waals surface area (Å²) in [6.07, 6.45) is 0. The summed E-state index contributed by atoms with van der Waals surface area (Å²) in [5.41, 5.74) is 2.75. The Kier molecular flexibility index (Phi) is 3.95. The monoisotopic (exact) mass is 350 g/mol. The van der Waals surface area contributed by atoms with Crippen molar-refractivity contribution < 1.29 is 9.21 Å². The fourth-order valence-electron chi connectivity index (χ4n) is 2.66. The van der Waals surface area contributed by atoms with Crippen LogP contribution in [0.5, 0.6) is 0 Å². The number of rotatable bonds is 4. The van der Waals surface area contributed by atoms with Crippen molar-refractivity contribution in [1.29, 1.82) is 0 Å². The van der Waals surface area contributed by atoms with Crippen molar-refractivity contribution in [3.63, 3.8) is 0 Å². The third kappa shape index (κ3) is 3.12. The molecular weight excluding hydrogens is 336 g/mol. The second-order valence-corrected chi connectivity index (χ2v) is 6.50. The number of hydrogen-bond acceptors (Lipinski definition) is 4. The Morgan fingerprint density at radius 2 is 1.92 bits per heavy atom. The highest BCUT2D eigenvalue weighted by Gasteiger charge is 2.12. The summed E-state index contributed by atoms with van der Waals surface area (Å²) in [6, 6.07) is 18.5. The number of nitrogens with zero attached hydrogens (tertiary/aromatic N) is 1. The average molecular weight is 350 g/mol. The zero-order valence-electron chi connectivity index (χ0n) is 13.1. The molecule has 0 bridgehead atoms. The van der Waals surface area contributed by atoms with Gasteiger partial charge in [-0.05, 0) is 29.1 Å². The highest BCUT2D eigenvalue weighted by molar-refractivity contribution is 7.12. The van der Waals surface area contributed by atoms with E-state index in [2.05, 4.69) is 5.32 Å². The molecule has 0 aliphatic carbocycles. The van der Waals surface area contributed by atoms with E-state index in [1.54, 1.807) is 28.8 Å². The zero-order chi connectivity index (χ0) is 17.2. The zero-order valence-corrected chi connectivity index (χ0v) is 14.0. The van der Waals surface area contributed by atoms with Gasteiger partial charge >= 0.3 is 5.76 Å². The molecule has 124 valence electrons. The largest absolute Gasteiger partial charge is 0.420 e. The van der Waals surface area contributed by atoms with Gasteiger partial charge in [-0.25, -0.2) is 4.79 Å². The molecule has 5 nitrogen and oxygen atoms in total. The van der Waals surface area contributed by atoms with Gasteiger partial charge in [0.05, 0.1) is 16.9 Å². The molecular formula is C19H14N2O3S. The normalized spacial score (nSPS) is 10.9. The van der Waals surface area contributed by atoms with Gasteiger partial charge in [-0.2, -0.15) is 0 Å². The molecule has 0 radical (unpaired) electrons. The standard InChI is InChI=1S/C19H14N2O3S/c22-18(17-7-4-10-25-17)20-14-8-9-15-16(11-14)24-19(23)21(15)12-13-5-2-1-3-6-13/h1-11H,12H2,(H,20,22). The number of fused-ring (bicyclic) bond motifs is 1. The topological polar surface area (TPSA) is 64.2 Å². The molecule has 2 aromatic heterocycles. The molecule has 2 heterocycles. The van der Waals surface area contributed by atoms with Crippen LogP contribution in [0.15, 0.2) is 75.3 Å². The Hall–Kier alpha value is -3.12. The molecule has 0 aliphatic rings. The van der Waals surface area contributed by atoms with Crippen LogP contribution in [0.3, 0.4) is 0 Å². The summed E-state index contributed by atoms with van der Waals surface area (Å²) in [7, 11) is 0. The molecule has 1 amide bonds. The third-order valence-corrected chi connectivity index (χ3v) is 4.72. The smallest absolute Gasteiger partial charge is 0.408 e. The second kappa shape index (κ2) is 6.41. The SMILES string of the molecule is O=C(Nc1ccc2c(c1)oc(=O)n2Cc1ccccc1)c1cccs1. The molecule has 0 spiro atoms. The Morgan fingerprint density at radius 1 is 1.08 bits per heavy atom. The molecule has 0 saturated carbocycles. The number of thiophene rings is 1. The van der Waals surface area contributed by atoms with Crippen molar-refractivity contribution in [2.45, 2.75) is 6.54 Å². The molecule has 0 saturated heterocycles. The molecule has 0 unspecified atom stereocenters. The first-order chi connectivity index (χ1) is 12.2. The summed E-state index contributed by atoms with van der Waals surface area (Å²) in [5, 5.41) is 4.66. The van der Waals surface area contributed by atoms with Gasteiger partial charge in [0.25, 0.3) is 5.91 Å². The molecule has 4 rings (SSSR count). The fraction of sp³-hybridized carbons (Fsp3) is 0.0526. The van der Waals surface area contributed by atoms with Crippen molar-refractivity contribution >= 4 is 34.0 Å². The van der Waals surface area contributed by atoms with Gasteiger partial charge in [0, 0.05) is 11.8 Å². The summed E-state index contributed by atoms with van der Waals surface area (Å²) in [6.45, 7) is 0.438. The summed E-state index contributed by atoms with van der Waals surface area (Å²) in [4.78, 5) is 24.9. The first-order valence-electron chi connectivity index (χ1n) is 7.73. The van der Waals surface area contributed by atoms with Crippen molar-refractivity contribution in [2.24, 2.45) is 0 Å². The predicted molar refractivity (Wildman–Crippen MR) is 98.3 cm³/mol. The lowest BCUT2D eigenvalue weighted by Gasteiger charge is -2.05. The lowest BCUT2D eigenvalue weighted by Crippen LogP contribution is -2.14. The molecule has 0 atom stereocenters. The number of hydrogen-bond donors (Lipinski definition) is 1. The van der Waals surface area contributed by atoms with Gasteiger partial charge < -0.3 is 9.73 Å². The van der Waals surface area contributed by atoms with Crippen molar-refractivity contribution in [2.75, 3.05) is 5.32 Å². The molecule has 25 heavy (non-hydrogen) atoms. The van der Waals surface area contributed by atoms with Crippen LogP contribution >= 0.6 is 11.3 Å².